The van der Waals surface area contributed by atoms with Crippen LogP contribution in [0.3, 0.4) is 0 Å². The Morgan fingerprint density at radius 3 is 2.83 bits per heavy atom. The Bertz CT molecular complexity index is 534. The molecule has 0 bridgehead atoms. The number of aromatic nitrogens is 2. The maximum absolute atomic E-state index is 5.91. The molecule has 1 heterocycles. The van der Waals surface area contributed by atoms with Gasteiger partial charge in [0.25, 0.3) is 0 Å². The van der Waals surface area contributed by atoms with Crippen LogP contribution < -0.4 is 4.74 Å². The molecule has 2 aromatic rings. The lowest BCUT2D eigenvalue weighted by Crippen LogP contribution is -2.10. The first-order valence-corrected chi connectivity index (χ1v) is 6.37. The fraction of sp³-hybridized carbons (Fsp3) is 0.357. The summed E-state index contributed by atoms with van der Waals surface area (Å²) in [5.41, 5.74) is 1.15. The lowest BCUT2D eigenvalue weighted by Gasteiger charge is -2.14. The van der Waals surface area contributed by atoms with Gasteiger partial charge in [0.1, 0.15) is 18.2 Å². The smallest absolute Gasteiger partial charge is 0.147 e. The molecule has 0 aliphatic heterocycles. The maximum Gasteiger partial charge on any atom is 0.147 e. The van der Waals surface area contributed by atoms with Gasteiger partial charge in [0.15, 0.2) is 0 Å². The van der Waals surface area contributed by atoms with E-state index in [9.17, 15) is 0 Å². The molecule has 0 amide bonds. The van der Waals surface area contributed by atoms with Gasteiger partial charge in [0.05, 0.1) is 0 Å². The van der Waals surface area contributed by atoms with E-state index in [4.69, 9.17) is 16.3 Å². The van der Waals surface area contributed by atoms with Crippen molar-refractivity contribution < 1.29 is 4.74 Å². The average molecular weight is 265 g/mol. The summed E-state index contributed by atoms with van der Waals surface area (Å²) in [6.45, 7) is 6.78. The Morgan fingerprint density at radius 2 is 2.17 bits per heavy atom. The molecule has 0 radical (unpaired) electrons. The Labute approximate surface area is 112 Å². The standard InChI is InChI=1S/C14H17ClN2O/c1-10(2)17-11(3)8-16-14(17)9-18-13-6-4-5-12(15)7-13/h4-8,10H,9H2,1-3H3. The number of hydrogen-bond acceptors (Lipinski definition) is 2. The minimum Gasteiger partial charge on any atom is -0.486 e. The molecule has 0 saturated heterocycles. The van der Waals surface area contributed by atoms with E-state index in [-0.39, 0.29) is 0 Å². The van der Waals surface area contributed by atoms with Gasteiger partial charge in [-0.25, -0.2) is 4.98 Å². The lowest BCUT2D eigenvalue weighted by molar-refractivity contribution is 0.286. The molecule has 0 unspecified atom stereocenters. The van der Waals surface area contributed by atoms with Gasteiger partial charge >= 0.3 is 0 Å². The highest BCUT2D eigenvalue weighted by Gasteiger charge is 2.10. The molecular formula is C14H17ClN2O. The zero-order chi connectivity index (χ0) is 13.1. The number of benzene rings is 1. The van der Waals surface area contributed by atoms with Gasteiger partial charge in [-0.15, -0.1) is 0 Å². The molecule has 0 spiro atoms. The van der Waals surface area contributed by atoms with E-state index in [1.54, 1.807) is 6.07 Å². The van der Waals surface area contributed by atoms with Gasteiger partial charge < -0.3 is 9.30 Å². The second kappa shape index (κ2) is 5.44. The van der Waals surface area contributed by atoms with Gasteiger partial charge in [-0.2, -0.15) is 0 Å². The summed E-state index contributed by atoms with van der Waals surface area (Å²) in [5, 5.41) is 0.677. The van der Waals surface area contributed by atoms with Crippen LogP contribution in [0.1, 0.15) is 31.4 Å². The number of imidazole rings is 1. The first-order chi connectivity index (χ1) is 8.58. The Kier molecular flexibility index (Phi) is 3.92. The van der Waals surface area contributed by atoms with E-state index < -0.39 is 0 Å². The van der Waals surface area contributed by atoms with Crippen LogP contribution in [0.5, 0.6) is 5.75 Å². The second-order valence-corrected chi connectivity index (χ2v) is 4.96. The molecule has 1 aromatic heterocycles. The van der Waals surface area contributed by atoms with Crippen LogP contribution in [0.4, 0.5) is 0 Å². The van der Waals surface area contributed by atoms with Gasteiger partial charge in [-0.1, -0.05) is 17.7 Å². The first-order valence-electron chi connectivity index (χ1n) is 5.99. The van der Waals surface area contributed by atoms with Crippen LogP contribution in [0.15, 0.2) is 30.5 Å². The number of halogens is 1. The lowest BCUT2D eigenvalue weighted by atomic mass is 10.3. The fourth-order valence-corrected chi connectivity index (χ4v) is 2.19. The number of hydrogen-bond donors (Lipinski definition) is 0. The normalized spacial score (nSPS) is 10.9. The number of ether oxygens (including phenoxy) is 1. The number of rotatable bonds is 4. The summed E-state index contributed by atoms with van der Waals surface area (Å²) in [7, 11) is 0. The van der Waals surface area contributed by atoms with Gasteiger partial charge in [0, 0.05) is 23.0 Å². The molecule has 0 aliphatic carbocycles. The second-order valence-electron chi connectivity index (χ2n) is 4.53. The molecule has 0 fully saturated rings. The van der Waals surface area contributed by atoms with Crippen LogP contribution >= 0.6 is 11.6 Å². The molecule has 1 aromatic carbocycles. The minimum atomic E-state index is 0.380. The third-order valence-electron chi connectivity index (χ3n) is 2.74. The van der Waals surface area contributed by atoms with Crippen molar-refractivity contribution in [3.63, 3.8) is 0 Å². The van der Waals surface area contributed by atoms with E-state index in [2.05, 4.69) is 30.3 Å². The third-order valence-corrected chi connectivity index (χ3v) is 2.97. The molecule has 0 atom stereocenters. The molecule has 18 heavy (non-hydrogen) atoms. The van der Waals surface area contributed by atoms with Crippen LogP contribution in [0.25, 0.3) is 0 Å². The molecule has 0 aliphatic rings. The van der Waals surface area contributed by atoms with Crippen molar-refractivity contribution in [2.45, 2.75) is 33.4 Å². The highest BCUT2D eigenvalue weighted by Crippen LogP contribution is 2.19. The van der Waals surface area contributed by atoms with E-state index in [0.29, 0.717) is 17.7 Å². The highest BCUT2D eigenvalue weighted by molar-refractivity contribution is 6.30. The monoisotopic (exact) mass is 264 g/mol. The van der Waals surface area contributed by atoms with E-state index in [1.807, 2.05) is 24.4 Å². The van der Waals surface area contributed by atoms with Crippen molar-refractivity contribution >= 4 is 11.6 Å². The molecule has 96 valence electrons. The van der Waals surface area contributed by atoms with Gasteiger partial charge in [-0.05, 0) is 39.0 Å². The maximum atomic E-state index is 5.91. The van der Waals surface area contributed by atoms with Crippen molar-refractivity contribution in [1.29, 1.82) is 0 Å². The van der Waals surface area contributed by atoms with Crippen molar-refractivity contribution in [2.24, 2.45) is 0 Å². The van der Waals surface area contributed by atoms with E-state index >= 15 is 0 Å². The summed E-state index contributed by atoms with van der Waals surface area (Å²) in [4.78, 5) is 4.38. The van der Waals surface area contributed by atoms with Crippen molar-refractivity contribution in [3.8, 4) is 5.75 Å². The highest BCUT2D eigenvalue weighted by atomic mass is 35.5. The zero-order valence-corrected chi connectivity index (χ0v) is 11.6. The fourth-order valence-electron chi connectivity index (χ4n) is 2.01. The van der Waals surface area contributed by atoms with Crippen LogP contribution in [-0.4, -0.2) is 9.55 Å². The molecule has 0 saturated carbocycles. The first kappa shape index (κ1) is 13.0. The van der Waals surface area contributed by atoms with Gasteiger partial charge in [-0.3, -0.25) is 0 Å². The van der Waals surface area contributed by atoms with Crippen molar-refractivity contribution in [2.75, 3.05) is 0 Å². The predicted octanol–water partition coefficient (Wildman–Crippen LogP) is 4.00. The Hall–Kier alpha value is -1.48. The SMILES string of the molecule is Cc1cnc(COc2cccc(Cl)c2)n1C(C)C. The van der Waals surface area contributed by atoms with Crippen LogP contribution in [0.2, 0.25) is 5.02 Å². The number of aryl methyl sites for hydroxylation is 1. The molecule has 0 N–H and O–H groups in total. The third kappa shape index (κ3) is 2.85. The van der Waals surface area contributed by atoms with Crippen molar-refractivity contribution in [3.05, 3.63) is 47.0 Å². The van der Waals surface area contributed by atoms with Crippen LogP contribution in [0, 0.1) is 6.92 Å². The summed E-state index contributed by atoms with van der Waals surface area (Å²) < 4.78 is 7.88. The summed E-state index contributed by atoms with van der Waals surface area (Å²) >= 11 is 5.91. The molecule has 3 nitrogen and oxygen atoms in total. The zero-order valence-electron chi connectivity index (χ0n) is 10.9. The average Bonchev–Trinajstić information content (AvgIpc) is 2.68. The molecular weight excluding hydrogens is 248 g/mol. The van der Waals surface area contributed by atoms with Crippen LogP contribution in [-0.2, 0) is 6.61 Å². The minimum absolute atomic E-state index is 0.380. The van der Waals surface area contributed by atoms with E-state index in [1.165, 1.54) is 0 Å². The summed E-state index contributed by atoms with van der Waals surface area (Å²) in [6, 6.07) is 7.77. The predicted molar refractivity (Wildman–Crippen MR) is 73.1 cm³/mol. The Balaban J connectivity index is 2.11. The summed E-state index contributed by atoms with van der Waals surface area (Å²) in [6.07, 6.45) is 1.87. The molecule has 4 heteroatoms. The number of nitrogens with zero attached hydrogens (tertiary/aromatic N) is 2. The Morgan fingerprint density at radius 1 is 1.39 bits per heavy atom. The molecule has 2 rings (SSSR count). The van der Waals surface area contributed by atoms with Gasteiger partial charge in [0.2, 0.25) is 0 Å². The largest absolute Gasteiger partial charge is 0.486 e. The van der Waals surface area contributed by atoms with E-state index in [0.717, 1.165) is 17.3 Å². The van der Waals surface area contributed by atoms with Crippen molar-refractivity contribution in [1.82, 2.24) is 9.55 Å². The topological polar surface area (TPSA) is 27.1 Å². The summed E-state index contributed by atoms with van der Waals surface area (Å²) in [5.74, 6) is 1.70. The quantitative estimate of drug-likeness (QED) is 0.834.